The van der Waals surface area contributed by atoms with E-state index in [1.165, 1.54) is 13.8 Å². The van der Waals surface area contributed by atoms with Crippen molar-refractivity contribution in [2.24, 2.45) is 0 Å². The number of aliphatic hydroxyl groups excluding tert-OH is 4. The van der Waals surface area contributed by atoms with Crippen molar-refractivity contribution in [2.45, 2.75) is 50.4 Å². The molecule has 128 valence electrons. The minimum atomic E-state index is -1.86. The lowest BCUT2D eigenvalue weighted by Crippen LogP contribution is -2.52. The van der Waals surface area contributed by atoms with E-state index in [9.17, 15) is 29.7 Å². The van der Waals surface area contributed by atoms with Gasteiger partial charge < -0.3 is 40.4 Å². The third-order valence-corrected chi connectivity index (χ3v) is 2.85. The van der Waals surface area contributed by atoms with Crippen molar-refractivity contribution in [3.05, 3.63) is 0 Å². The molecule has 0 heterocycles. The van der Waals surface area contributed by atoms with Gasteiger partial charge in [0.2, 0.25) is 5.91 Å². The van der Waals surface area contributed by atoms with Gasteiger partial charge in [-0.2, -0.15) is 0 Å². The number of aliphatic carboxylic acids is 1. The van der Waals surface area contributed by atoms with Crippen LogP contribution in [0.25, 0.3) is 0 Å². The highest BCUT2D eigenvalue weighted by molar-refractivity contribution is 5.85. The van der Waals surface area contributed by atoms with E-state index >= 15 is 0 Å². The third kappa shape index (κ3) is 6.03. The summed E-state index contributed by atoms with van der Waals surface area (Å²) in [7, 11) is 0. The molecule has 10 nitrogen and oxygen atoms in total. The van der Waals surface area contributed by atoms with Crippen LogP contribution in [0.3, 0.4) is 0 Å². The van der Waals surface area contributed by atoms with E-state index < -0.39 is 55.0 Å². The average molecular weight is 323 g/mol. The molecule has 6 atom stereocenters. The summed E-state index contributed by atoms with van der Waals surface area (Å²) in [4.78, 5) is 32.9. The molecule has 0 aliphatic carbocycles. The highest BCUT2D eigenvalue weighted by Crippen LogP contribution is 2.12. The highest BCUT2D eigenvalue weighted by atomic mass is 16.5. The standard InChI is InChI=1S/C12H21NO9/c1-5(12(20)21)13-11(19)6(2)22-10(8(17)4-15)9(18)7(16)3-14/h4-10,14,16-18H,3H2,1-2H3,(H,13,19)(H,20,21)/t5-,6+,7-,8-,9-,10+/m1/s1. The zero-order valence-corrected chi connectivity index (χ0v) is 12.1. The van der Waals surface area contributed by atoms with Crippen molar-refractivity contribution >= 4 is 18.2 Å². The Morgan fingerprint density at radius 1 is 1.23 bits per heavy atom. The Labute approximate surface area is 126 Å². The van der Waals surface area contributed by atoms with Gasteiger partial charge in [-0.3, -0.25) is 9.59 Å². The molecule has 0 aromatic carbocycles. The first kappa shape index (κ1) is 20.4. The predicted octanol–water partition coefficient (Wildman–Crippen LogP) is -3.38. The van der Waals surface area contributed by atoms with Crippen LogP contribution in [0.4, 0.5) is 0 Å². The van der Waals surface area contributed by atoms with Gasteiger partial charge in [-0.25, -0.2) is 0 Å². The number of nitrogens with one attached hydrogen (secondary N) is 1. The van der Waals surface area contributed by atoms with Crippen LogP contribution in [0.1, 0.15) is 13.8 Å². The molecule has 0 saturated heterocycles. The van der Waals surface area contributed by atoms with Gasteiger partial charge in [0.25, 0.3) is 0 Å². The third-order valence-electron chi connectivity index (χ3n) is 2.85. The van der Waals surface area contributed by atoms with Crippen molar-refractivity contribution < 1.29 is 44.7 Å². The number of carbonyl (C=O) groups excluding carboxylic acids is 2. The zero-order chi connectivity index (χ0) is 17.4. The van der Waals surface area contributed by atoms with Gasteiger partial charge >= 0.3 is 5.97 Å². The van der Waals surface area contributed by atoms with Crippen LogP contribution in [0.15, 0.2) is 0 Å². The fourth-order valence-corrected chi connectivity index (χ4v) is 1.46. The molecule has 1 amide bonds. The monoisotopic (exact) mass is 323 g/mol. The number of carboxylic acids is 1. The van der Waals surface area contributed by atoms with Gasteiger partial charge in [-0.05, 0) is 13.8 Å². The average Bonchev–Trinajstić information content (AvgIpc) is 2.49. The van der Waals surface area contributed by atoms with E-state index in [4.69, 9.17) is 14.9 Å². The van der Waals surface area contributed by atoms with Crippen LogP contribution < -0.4 is 5.32 Å². The maximum absolute atomic E-state index is 11.7. The summed E-state index contributed by atoms with van der Waals surface area (Å²) in [5.74, 6) is -2.13. The van der Waals surface area contributed by atoms with Crippen LogP contribution in [0.5, 0.6) is 0 Å². The lowest BCUT2D eigenvalue weighted by Gasteiger charge is -2.29. The van der Waals surface area contributed by atoms with Gasteiger partial charge in [0.05, 0.1) is 6.61 Å². The normalized spacial score (nSPS) is 19.4. The Morgan fingerprint density at radius 2 is 1.77 bits per heavy atom. The minimum Gasteiger partial charge on any atom is -0.480 e. The Bertz CT molecular complexity index is 389. The molecular formula is C12H21NO9. The van der Waals surface area contributed by atoms with Gasteiger partial charge in [-0.15, -0.1) is 0 Å². The highest BCUT2D eigenvalue weighted by Gasteiger charge is 2.35. The number of amides is 1. The second kappa shape index (κ2) is 9.43. The molecule has 22 heavy (non-hydrogen) atoms. The fraction of sp³-hybridized carbons (Fsp3) is 0.750. The van der Waals surface area contributed by atoms with E-state index in [2.05, 4.69) is 5.32 Å². The summed E-state index contributed by atoms with van der Waals surface area (Å²) in [6, 6.07) is -1.19. The molecule has 0 radical (unpaired) electrons. The van der Waals surface area contributed by atoms with Crippen molar-refractivity contribution in [3.63, 3.8) is 0 Å². The molecule has 10 heteroatoms. The Kier molecular flexibility index (Phi) is 8.75. The van der Waals surface area contributed by atoms with Crippen molar-refractivity contribution in [1.29, 1.82) is 0 Å². The zero-order valence-electron chi connectivity index (χ0n) is 12.1. The molecule has 0 aliphatic rings. The first-order valence-corrected chi connectivity index (χ1v) is 6.44. The van der Waals surface area contributed by atoms with Crippen molar-refractivity contribution in [3.8, 4) is 0 Å². The number of aliphatic hydroxyl groups is 4. The number of aldehydes is 1. The first-order chi connectivity index (χ1) is 10.1. The summed E-state index contributed by atoms with van der Waals surface area (Å²) in [6.45, 7) is 1.56. The van der Waals surface area contributed by atoms with Gasteiger partial charge in [0.15, 0.2) is 6.29 Å². The van der Waals surface area contributed by atoms with Crippen molar-refractivity contribution in [1.82, 2.24) is 5.32 Å². The molecule has 0 aromatic heterocycles. The van der Waals surface area contributed by atoms with E-state index in [1.54, 1.807) is 0 Å². The van der Waals surface area contributed by atoms with Crippen LogP contribution >= 0.6 is 0 Å². The number of ether oxygens (including phenoxy) is 1. The van der Waals surface area contributed by atoms with Crippen LogP contribution in [0, 0.1) is 0 Å². The number of carbonyl (C=O) groups is 3. The lowest BCUT2D eigenvalue weighted by atomic mass is 10.0. The molecule has 0 spiro atoms. The molecule has 0 fully saturated rings. The van der Waals surface area contributed by atoms with E-state index in [0.29, 0.717) is 0 Å². The van der Waals surface area contributed by atoms with Gasteiger partial charge in [0.1, 0.15) is 36.6 Å². The molecule has 6 N–H and O–H groups in total. The second-order valence-electron chi connectivity index (χ2n) is 4.68. The molecule has 0 aromatic rings. The maximum Gasteiger partial charge on any atom is 0.325 e. The second-order valence-corrected chi connectivity index (χ2v) is 4.68. The molecule has 0 aliphatic heterocycles. The predicted molar refractivity (Wildman–Crippen MR) is 70.7 cm³/mol. The summed E-state index contributed by atoms with van der Waals surface area (Å²) >= 11 is 0. The maximum atomic E-state index is 11.7. The summed E-state index contributed by atoms with van der Waals surface area (Å²) in [5.41, 5.74) is 0. The molecule has 0 unspecified atom stereocenters. The molecule has 0 saturated carbocycles. The topological polar surface area (TPSA) is 174 Å². The summed E-state index contributed by atoms with van der Waals surface area (Å²) in [6.07, 6.45) is -8.38. The number of carboxylic acid groups (broad SMARTS) is 1. The van der Waals surface area contributed by atoms with E-state index in [0.717, 1.165) is 0 Å². The van der Waals surface area contributed by atoms with Gasteiger partial charge in [0, 0.05) is 0 Å². The van der Waals surface area contributed by atoms with Crippen LogP contribution in [-0.2, 0) is 19.1 Å². The SMILES string of the molecule is C[C@H](O[C@H]([C@H](O)[C@H](O)CO)[C@H](O)C=O)C(=O)N[C@H](C)C(=O)O. The number of hydrogen-bond donors (Lipinski definition) is 6. The first-order valence-electron chi connectivity index (χ1n) is 6.44. The van der Waals surface area contributed by atoms with Crippen molar-refractivity contribution in [2.75, 3.05) is 6.61 Å². The quantitative estimate of drug-likeness (QED) is 0.224. The molecular weight excluding hydrogens is 302 g/mol. The Morgan fingerprint density at radius 3 is 2.18 bits per heavy atom. The smallest absolute Gasteiger partial charge is 0.325 e. The van der Waals surface area contributed by atoms with E-state index in [-0.39, 0.29) is 6.29 Å². The number of rotatable bonds is 10. The summed E-state index contributed by atoms with van der Waals surface area (Å²) in [5, 5.41) is 48.0. The minimum absolute atomic E-state index is 0.0302. The summed E-state index contributed by atoms with van der Waals surface area (Å²) < 4.78 is 5.02. The fourth-order valence-electron chi connectivity index (χ4n) is 1.46. The van der Waals surface area contributed by atoms with Crippen LogP contribution in [-0.4, -0.2) is 86.9 Å². The van der Waals surface area contributed by atoms with E-state index in [1.807, 2.05) is 0 Å². The van der Waals surface area contributed by atoms with Crippen LogP contribution in [0.2, 0.25) is 0 Å². The lowest BCUT2D eigenvalue weighted by molar-refractivity contribution is -0.170. The Balaban J connectivity index is 4.88. The van der Waals surface area contributed by atoms with Gasteiger partial charge in [-0.1, -0.05) is 0 Å². The Hall–Kier alpha value is -1.59. The largest absolute Gasteiger partial charge is 0.480 e. The molecule has 0 rings (SSSR count). The molecule has 0 bridgehead atoms. The number of hydrogen-bond acceptors (Lipinski definition) is 8.